The van der Waals surface area contributed by atoms with Gasteiger partial charge >= 0.3 is 0 Å². The largest absolute Gasteiger partial charge is 0.378 e. The second kappa shape index (κ2) is 7.80. The van der Waals surface area contributed by atoms with E-state index < -0.39 is 18.1 Å². The monoisotopic (exact) mass is 427 g/mol. The minimum Gasteiger partial charge on any atom is -0.378 e. The highest BCUT2D eigenvalue weighted by atomic mass is 16.7. The topological polar surface area (TPSA) is 53.1 Å². The van der Waals surface area contributed by atoms with Crippen molar-refractivity contribution in [2.75, 3.05) is 29.0 Å². The van der Waals surface area contributed by atoms with E-state index in [2.05, 4.69) is 0 Å². The van der Waals surface area contributed by atoms with Crippen molar-refractivity contribution in [2.24, 2.45) is 5.92 Å². The molecule has 0 radical (unpaired) electrons. The van der Waals surface area contributed by atoms with Crippen LogP contribution in [0.1, 0.15) is 17.2 Å². The van der Waals surface area contributed by atoms with Crippen LogP contribution in [0, 0.1) is 12.8 Å². The molecule has 2 aliphatic rings. The van der Waals surface area contributed by atoms with Crippen LogP contribution in [0.3, 0.4) is 0 Å². The Bertz CT molecular complexity index is 1160. The zero-order valence-electron chi connectivity index (χ0n) is 18.3. The average Bonchev–Trinajstić information content (AvgIpc) is 3.30. The molecule has 5 rings (SSSR count). The van der Waals surface area contributed by atoms with Gasteiger partial charge in [0.15, 0.2) is 6.10 Å². The molecule has 0 spiro atoms. The molecule has 2 heterocycles. The number of hydrogen-bond acceptors (Lipinski definition) is 5. The van der Waals surface area contributed by atoms with E-state index in [1.807, 2.05) is 92.6 Å². The molecule has 0 aliphatic carbocycles. The van der Waals surface area contributed by atoms with Crippen molar-refractivity contribution in [3.63, 3.8) is 0 Å². The van der Waals surface area contributed by atoms with Crippen LogP contribution < -0.4 is 14.9 Å². The quantitative estimate of drug-likeness (QED) is 0.587. The Morgan fingerprint density at radius 2 is 1.47 bits per heavy atom. The van der Waals surface area contributed by atoms with Crippen LogP contribution in [0.15, 0.2) is 78.9 Å². The third kappa shape index (κ3) is 3.15. The Morgan fingerprint density at radius 1 is 0.812 bits per heavy atom. The van der Waals surface area contributed by atoms with Crippen molar-refractivity contribution < 1.29 is 14.4 Å². The lowest BCUT2D eigenvalue weighted by Gasteiger charge is -2.30. The molecule has 0 aromatic heterocycles. The summed E-state index contributed by atoms with van der Waals surface area (Å²) in [7, 11) is 3.97. The van der Waals surface area contributed by atoms with E-state index in [0.29, 0.717) is 5.69 Å². The molecule has 162 valence electrons. The van der Waals surface area contributed by atoms with Crippen LogP contribution in [0.25, 0.3) is 0 Å². The molecule has 0 saturated carbocycles. The fraction of sp³-hybridized carbons (Fsp3) is 0.231. The number of nitrogens with zero attached hydrogens (tertiary/aromatic N) is 3. The predicted molar refractivity (Wildman–Crippen MR) is 124 cm³/mol. The van der Waals surface area contributed by atoms with Crippen LogP contribution in [0.4, 0.5) is 17.1 Å². The SMILES string of the molecule is Cc1ccccc1N1O[C@@H]2C(=O)N(c3ccccc3)C(=O)[C@H]2[C@H]1c1ccc(N(C)C)cc1. The van der Waals surface area contributed by atoms with Gasteiger partial charge in [-0.1, -0.05) is 48.5 Å². The highest BCUT2D eigenvalue weighted by molar-refractivity contribution is 6.23. The molecule has 6 heteroatoms. The highest BCUT2D eigenvalue weighted by Crippen LogP contribution is 2.48. The van der Waals surface area contributed by atoms with Gasteiger partial charge in [0.05, 0.1) is 17.4 Å². The maximum Gasteiger partial charge on any atom is 0.266 e. The standard InChI is InChI=1S/C26H25N3O3/c1-17-9-7-8-12-21(17)29-23(18-13-15-19(16-14-18)27(2)3)22-24(32-29)26(31)28(25(22)30)20-10-5-4-6-11-20/h4-16,22-24H,1-3H3/t22-,23+,24-/m0/s1. The van der Waals surface area contributed by atoms with Crippen LogP contribution in [0.2, 0.25) is 0 Å². The van der Waals surface area contributed by atoms with Crippen molar-refractivity contribution in [2.45, 2.75) is 19.1 Å². The molecular weight excluding hydrogens is 402 g/mol. The van der Waals surface area contributed by atoms with E-state index in [0.717, 1.165) is 22.5 Å². The summed E-state index contributed by atoms with van der Waals surface area (Å²) in [5.41, 5.74) is 4.44. The minimum atomic E-state index is -0.860. The molecule has 3 atom stereocenters. The lowest BCUT2D eigenvalue weighted by Crippen LogP contribution is -2.37. The summed E-state index contributed by atoms with van der Waals surface area (Å²) in [6.07, 6.45) is -0.860. The Labute approximate surface area is 187 Å². The van der Waals surface area contributed by atoms with Crippen molar-refractivity contribution in [3.05, 3.63) is 90.0 Å². The molecule has 0 bridgehead atoms. The molecule has 2 aliphatic heterocycles. The summed E-state index contributed by atoms with van der Waals surface area (Å²) in [4.78, 5) is 36.5. The summed E-state index contributed by atoms with van der Waals surface area (Å²) in [5, 5.41) is 1.76. The number of amides is 2. The number of carbonyl (C=O) groups excluding carboxylic acids is 2. The van der Waals surface area contributed by atoms with E-state index in [4.69, 9.17) is 4.84 Å². The van der Waals surface area contributed by atoms with Crippen LogP contribution in [-0.2, 0) is 14.4 Å². The van der Waals surface area contributed by atoms with E-state index >= 15 is 0 Å². The van der Waals surface area contributed by atoms with E-state index in [1.54, 1.807) is 17.2 Å². The summed E-state index contributed by atoms with van der Waals surface area (Å²) < 4.78 is 0. The summed E-state index contributed by atoms with van der Waals surface area (Å²) in [5.74, 6) is -1.19. The number of anilines is 3. The first kappa shape index (κ1) is 20.3. The maximum atomic E-state index is 13.6. The van der Waals surface area contributed by atoms with Gasteiger partial charge in [0.2, 0.25) is 5.91 Å². The van der Waals surface area contributed by atoms with Gasteiger partial charge in [0, 0.05) is 19.8 Å². The molecule has 2 amide bonds. The van der Waals surface area contributed by atoms with Gasteiger partial charge in [-0.15, -0.1) is 0 Å². The molecule has 3 aromatic rings. The van der Waals surface area contributed by atoms with E-state index in [9.17, 15) is 9.59 Å². The molecule has 6 nitrogen and oxygen atoms in total. The zero-order chi connectivity index (χ0) is 22.4. The number of imide groups is 1. The van der Waals surface area contributed by atoms with E-state index in [1.165, 1.54) is 4.90 Å². The van der Waals surface area contributed by atoms with Gasteiger partial charge < -0.3 is 4.90 Å². The summed E-state index contributed by atoms with van der Waals surface area (Å²) >= 11 is 0. The number of para-hydroxylation sites is 2. The molecule has 3 aromatic carbocycles. The lowest BCUT2D eigenvalue weighted by molar-refractivity contribution is -0.126. The Hall–Kier alpha value is -3.64. The van der Waals surface area contributed by atoms with Gasteiger partial charge in [-0.3, -0.25) is 14.4 Å². The van der Waals surface area contributed by atoms with Gasteiger partial charge in [0.25, 0.3) is 5.91 Å². The molecular formula is C26H25N3O3. The number of rotatable bonds is 4. The van der Waals surface area contributed by atoms with Crippen LogP contribution in [0.5, 0.6) is 0 Å². The van der Waals surface area contributed by atoms with Crippen molar-refractivity contribution in [3.8, 4) is 0 Å². The highest BCUT2D eigenvalue weighted by Gasteiger charge is 2.60. The fourth-order valence-corrected chi connectivity index (χ4v) is 4.57. The molecule has 0 unspecified atom stereocenters. The first-order valence-corrected chi connectivity index (χ1v) is 10.7. The fourth-order valence-electron chi connectivity index (χ4n) is 4.57. The molecule has 32 heavy (non-hydrogen) atoms. The van der Waals surface area contributed by atoms with Gasteiger partial charge in [-0.2, -0.15) is 0 Å². The van der Waals surface area contributed by atoms with Crippen LogP contribution in [-0.4, -0.2) is 32.0 Å². The summed E-state index contributed by atoms with van der Waals surface area (Å²) in [6.45, 7) is 2.00. The molecule has 2 fully saturated rings. The number of hydroxylamine groups is 1. The van der Waals surface area contributed by atoms with Crippen LogP contribution >= 0.6 is 0 Å². The Balaban J connectivity index is 1.59. The number of aryl methyl sites for hydroxylation is 1. The lowest BCUT2D eigenvalue weighted by atomic mass is 9.90. The Morgan fingerprint density at radius 3 is 2.12 bits per heavy atom. The van der Waals surface area contributed by atoms with Gasteiger partial charge in [-0.05, 0) is 48.4 Å². The second-order valence-electron chi connectivity index (χ2n) is 8.44. The number of fused-ring (bicyclic) bond motifs is 1. The van der Waals surface area contributed by atoms with Gasteiger partial charge in [-0.25, -0.2) is 9.96 Å². The maximum absolute atomic E-state index is 13.6. The number of carbonyl (C=O) groups is 2. The second-order valence-corrected chi connectivity index (χ2v) is 8.44. The third-order valence-electron chi connectivity index (χ3n) is 6.23. The first-order chi connectivity index (χ1) is 15.5. The minimum absolute atomic E-state index is 0.232. The van der Waals surface area contributed by atoms with Gasteiger partial charge in [0.1, 0.15) is 5.92 Å². The normalized spacial score (nSPS) is 22.4. The van der Waals surface area contributed by atoms with Crippen molar-refractivity contribution in [1.29, 1.82) is 0 Å². The van der Waals surface area contributed by atoms with Crippen molar-refractivity contribution >= 4 is 28.9 Å². The number of hydrogen-bond donors (Lipinski definition) is 0. The smallest absolute Gasteiger partial charge is 0.266 e. The average molecular weight is 428 g/mol. The predicted octanol–water partition coefficient (Wildman–Crippen LogP) is 4.11. The molecule has 2 saturated heterocycles. The summed E-state index contributed by atoms with van der Waals surface area (Å²) in [6, 6.07) is 24.6. The zero-order valence-corrected chi connectivity index (χ0v) is 18.3. The van der Waals surface area contributed by atoms with E-state index in [-0.39, 0.29) is 11.8 Å². The Kier molecular flexibility index (Phi) is 4.94. The number of benzene rings is 3. The third-order valence-corrected chi connectivity index (χ3v) is 6.23. The molecule has 0 N–H and O–H groups in total. The van der Waals surface area contributed by atoms with Crippen molar-refractivity contribution in [1.82, 2.24) is 0 Å². The first-order valence-electron chi connectivity index (χ1n) is 10.7.